The maximum atomic E-state index is 10.5. The SMILES string of the molecule is CC1CNc2c([N+](=O)[O-])cnn2C1. The maximum Gasteiger partial charge on any atom is 0.330 e. The van der Waals surface area contributed by atoms with Crippen molar-refractivity contribution in [1.82, 2.24) is 9.78 Å². The first-order chi connectivity index (χ1) is 6.18. The van der Waals surface area contributed by atoms with Gasteiger partial charge in [-0.3, -0.25) is 10.1 Å². The molecule has 0 aliphatic carbocycles. The van der Waals surface area contributed by atoms with Gasteiger partial charge in [0.05, 0.1) is 4.92 Å². The number of hydrogen-bond acceptors (Lipinski definition) is 4. The van der Waals surface area contributed by atoms with Crippen LogP contribution < -0.4 is 5.32 Å². The molecule has 0 aromatic carbocycles. The Morgan fingerprint density at radius 1 is 1.85 bits per heavy atom. The number of nitrogens with one attached hydrogen (secondary N) is 1. The van der Waals surface area contributed by atoms with Crippen molar-refractivity contribution in [1.29, 1.82) is 0 Å². The number of rotatable bonds is 1. The van der Waals surface area contributed by atoms with Crippen molar-refractivity contribution in [2.24, 2.45) is 5.92 Å². The third-order valence-electron chi connectivity index (χ3n) is 2.12. The standard InChI is InChI=1S/C7H10N4O2/c1-5-2-8-7-6(11(12)13)3-9-10(7)4-5/h3,5,8H,2,4H2,1H3. The summed E-state index contributed by atoms with van der Waals surface area (Å²) in [5.74, 6) is 0.995. The normalized spacial score (nSPS) is 20.5. The molecule has 1 unspecified atom stereocenters. The van der Waals surface area contributed by atoms with E-state index in [4.69, 9.17) is 0 Å². The van der Waals surface area contributed by atoms with Crippen LogP contribution in [-0.2, 0) is 6.54 Å². The molecular formula is C7H10N4O2. The van der Waals surface area contributed by atoms with Crippen LogP contribution in [0.3, 0.4) is 0 Å². The summed E-state index contributed by atoms with van der Waals surface area (Å²) in [4.78, 5) is 10.1. The average Bonchev–Trinajstić information content (AvgIpc) is 2.46. The van der Waals surface area contributed by atoms with E-state index in [1.54, 1.807) is 4.68 Å². The van der Waals surface area contributed by atoms with Crippen molar-refractivity contribution < 1.29 is 4.92 Å². The first kappa shape index (κ1) is 8.03. The molecule has 0 saturated carbocycles. The minimum absolute atomic E-state index is 0.0619. The summed E-state index contributed by atoms with van der Waals surface area (Å²) in [7, 11) is 0. The molecule has 13 heavy (non-hydrogen) atoms. The lowest BCUT2D eigenvalue weighted by atomic mass is 10.1. The molecule has 1 aliphatic rings. The highest BCUT2D eigenvalue weighted by Crippen LogP contribution is 2.27. The van der Waals surface area contributed by atoms with E-state index in [2.05, 4.69) is 17.3 Å². The lowest BCUT2D eigenvalue weighted by Gasteiger charge is -2.20. The van der Waals surface area contributed by atoms with E-state index >= 15 is 0 Å². The molecule has 0 radical (unpaired) electrons. The fourth-order valence-corrected chi connectivity index (χ4v) is 1.46. The highest BCUT2D eigenvalue weighted by molar-refractivity contribution is 5.56. The van der Waals surface area contributed by atoms with Gasteiger partial charge in [0.1, 0.15) is 6.20 Å². The van der Waals surface area contributed by atoms with Crippen molar-refractivity contribution >= 4 is 11.5 Å². The molecule has 0 saturated heterocycles. The lowest BCUT2D eigenvalue weighted by Crippen LogP contribution is -2.25. The molecule has 1 aliphatic heterocycles. The van der Waals surface area contributed by atoms with E-state index < -0.39 is 4.92 Å². The number of aromatic nitrogens is 2. The topological polar surface area (TPSA) is 73.0 Å². The van der Waals surface area contributed by atoms with Crippen LogP contribution in [0.4, 0.5) is 11.5 Å². The number of nitrogens with zero attached hydrogens (tertiary/aromatic N) is 3. The van der Waals surface area contributed by atoms with Crippen LogP contribution in [0.15, 0.2) is 6.20 Å². The minimum Gasteiger partial charge on any atom is -0.364 e. The summed E-state index contributed by atoms with van der Waals surface area (Å²) >= 11 is 0. The Bertz CT molecular complexity index is 346. The Morgan fingerprint density at radius 2 is 2.62 bits per heavy atom. The van der Waals surface area contributed by atoms with Gasteiger partial charge in [-0.25, -0.2) is 4.68 Å². The summed E-state index contributed by atoms with van der Waals surface area (Å²) in [5, 5.41) is 17.5. The molecule has 1 aromatic rings. The quantitative estimate of drug-likeness (QED) is 0.516. The molecule has 1 atom stereocenters. The first-order valence-electron chi connectivity index (χ1n) is 4.12. The van der Waals surface area contributed by atoms with Gasteiger partial charge < -0.3 is 5.32 Å². The van der Waals surface area contributed by atoms with E-state index in [-0.39, 0.29) is 5.69 Å². The molecule has 0 amide bonds. The second-order valence-corrected chi connectivity index (χ2v) is 3.30. The predicted molar refractivity (Wildman–Crippen MR) is 46.5 cm³/mol. The highest BCUT2D eigenvalue weighted by atomic mass is 16.6. The van der Waals surface area contributed by atoms with Gasteiger partial charge in [0.2, 0.25) is 5.82 Å². The number of nitro groups is 1. The van der Waals surface area contributed by atoms with E-state index in [1.165, 1.54) is 6.20 Å². The van der Waals surface area contributed by atoms with E-state index in [1.807, 2.05) is 0 Å². The van der Waals surface area contributed by atoms with Gasteiger partial charge in [0, 0.05) is 13.1 Å². The Balaban J connectivity index is 2.39. The van der Waals surface area contributed by atoms with E-state index in [9.17, 15) is 10.1 Å². The molecule has 0 fully saturated rings. The highest BCUT2D eigenvalue weighted by Gasteiger charge is 2.24. The third-order valence-corrected chi connectivity index (χ3v) is 2.12. The molecule has 6 nitrogen and oxygen atoms in total. The molecule has 0 bridgehead atoms. The fourth-order valence-electron chi connectivity index (χ4n) is 1.46. The largest absolute Gasteiger partial charge is 0.364 e. The van der Waals surface area contributed by atoms with Gasteiger partial charge in [0.15, 0.2) is 0 Å². The van der Waals surface area contributed by atoms with Crippen LogP contribution in [0.2, 0.25) is 0 Å². The molecule has 0 spiro atoms. The Hall–Kier alpha value is -1.59. The van der Waals surface area contributed by atoms with Crippen LogP contribution in [-0.4, -0.2) is 21.2 Å². The van der Waals surface area contributed by atoms with Gasteiger partial charge in [-0.05, 0) is 5.92 Å². The summed E-state index contributed by atoms with van der Waals surface area (Å²) in [6.45, 7) is 3.59. The molecule has 6 heteroatoms. The summed E-state index contributed by atoms with van der Waals surface area (Å²) < 4.78 is 1.65. The Kier molecular flexibility index (Phi) is 1.68. The zero-order valence-corrected chi connectivity index (χ0v) is 7.23. The molecule has 2 heterocycles. The smallest absolute Gasteiger partial charge is 0.330 e. The van der Waals surface area contributed by atoms with Gasteiger partial charge in [0.25, 0.3) is 0 Å². The Labute approximate surface area is 74.7 Å². The molecule has 1 N–H and O–H groups in total. The number of anilines is 1. The lowest BCUT2D eigenvalue weighted by molar-refractivity contribution is -0.384. The molecule has 2 rings (SSSR count). The van der Waals surface area contributed by atoms with Crippen LogP contribution in [0.1, 0.15) is 6.92 Å². The van der Waals surface area contributed by atoms with Crippen molar-refractivity contribution in [3.8, 4) is 0 Å². The molecular weight excluding hydrogens is 172 g/mol. The van der Waals surface area contributed by atoms with Crippen molar-refractivity contribution in [2.45, 2.75) is 13.5 Å². The Morgan fingerprint density at radius 3 is 3.31 bits per heavy atom. The monoisotopic (exact) mass is 182 g/mol. The molecule has 70 valence electrons. The van der Waals surface area contributed by atoms with Gasteiger partial charge in [-0.15, -0.1) is 0 Å². The average molecular weight is 182 g/mol. The summed E-state index contributed by atoms with van der Waals surface area (Å²) in [6, 6.07) is 0. The second kappa shape index (κ2) is 2.72. The minimum atomic E-state index is -0.415. The maximum absolute atomic E-state index is 10.5. The third kappa shape index (κ3) is 1.24. The fraction of sp³-hybridized carbons (Fsp3) is 0.571. The van der Waals surface area contributed by atoms with Gasteiger partial charge in [-0.1, -0.05) is 6.92 Å². The zero-order chi connectivity index (χ0) is 9.42. The number of hydrogen-bond donors (Lipinski definition) is 1. The predicted octanol–water partition coefficient (Wildman–Crippen LogP) is 0.853. The summed E-state index contributed by atoms with van der Waals surface area (Å²) in [5.41, 5.74) is 0.0619. The number of fused-ring (bicyclic) bond motifs is 1. The van der Waals surface area contributed by atoms with Crippen LogP contribution in [0.25, 0.3) is 0 Å². The van der Waals surface area contributed by atoms with Gasteiger partial charge in [-0.2, -0.15) is 5.10 Å². The zero-order valence-electron chi connectivity index (χ0n) is 7.23. The van der Waals surface area contributed by atoms with Gasteiger partial charge >= 0.3 is 5.69 Å². The summed E-state index contributed by atoms with van der Waals surface area (Å²) in [6.07, 6.45) is 1.29. The van der Waals surface area contributed by atoms with Crippen LogP contribution >= 0.6 is 0 Å². The van der Waals surface area contributed by atoms with Crippen LogP contribution in [0, 0.1) is 16.0 Å². The van der Waals surface area contributed by atoms with Crippen molar-refractivity contribution in [2.75, 3.05) is 11.9 Å². The van der Waals surface area contributed by atoms with E-state index in [0.717, 1.165) is 13.1 Å². The van der Waals surface area contributed by atoms with E-state index in [0.29, 0.717) is 11.7 Å². The molecule has 1 aromatic heterocycles. The van der Waals surface area contributed by atoms with Crippen LogP contribution in [0.5, 0.6) is 0 Å². The first-order valence-corrected chi connectivity index (χ1v) is 4.12. The second-order valence-electron chi connectivity index (χ2n) is 3.30. The van der Waals surface area contributed by atoms with Crippen molar-refractivity contribution in [3.05, 3.63) is 16.3 Å². The van der Waals surface area contributed by atoms with Crippen molar-refractivity contribution in [3.63, 3.8) is 0 Å².